The van der Waals surface area contributed by atoms with Crippen LogP contribution in [0.5, 0.6) is 11.5 Å². The Balaban J connectivity index is 1.81. The molecule has 0 bridgehead atoms. The molecule has 170 valence electrons. The number of anilines is 1. The molecule has 2 aromatic heterocycles. The Hall–Kier alpha value is -4.01. The van der Waals surface area contributed by atoms with Gasteiger partial charge in [-0.15, -0.1) is 0 Å². The third-order valence-electron chi connectivity index (χ3n) is 5.12. The van der Waals surface area contributed by atoms with Crippen LogP contribution >= 0.6 is 0 Å². The predicted octanol–water partition coefficient (Wildman–Crippen LogP) is 5.60. The minimum atomic E-state index is -4.55. The zero-order valence-corrected chi connectivity index (χ0v) is 18.0. The van der Waals surface area contributed by atoms with Crippen LogP contribution in [0.3, 0.4) is 0 Å². The van der Waals surface area contributed by atoms with Gasteiger partial charge in [-0.2, -0.15) is 13.2 Å². The van der Waals surface area contributed by atoms with Crippen molar-refractivity contribution in [3.63, 3.8) is 0 Å². The molecular formula is C24H20F3N3O3. The van der Waals surface area contributed by atoms with E-state index in [0.29, 0.717) is 34.2 Å². The van der Waals surface area contributed by atoms with E-state index < -0.39 is 17.6 Å². The van der Waals surface area contributed by atoms with E-state index >= 15 is 0 Å². The van der Waals surface area contributed by atoms with E-state index in [2.05, 4.69) is 10.3 Å². The molecule has 0 fully saturated rings. The number of hydrogen-bond acceptors (Lipinski definition) is 4. The Bertz CT molecular complexity index is 1350. The van der Waals surface area contributed by atoms with E-state index in [9.17, 15) is 18.0 Å². The number of pyridine rings is 1. The van der Waals surface area contributed by atoms with E-state index in [0.717, 1.165) is 17.7 Å². The Morgan fingerprint density at radius 2 is 1.76 bits per heavy atom. The van der Waals surface area contributed by atoms with Crippen LogP contribution in [0.1, 0.15) is 21.5 Å². The number of carbonyl (C=O) groups is 1. The number of hydrogen-bond donors (Lipinski definition) is 1. The highest BCUT2D eigenvalue weighted by atomic mass is 19.4. The average molecular weight is 455 g/mol. The number of aryl methyl sites for hydroxylation is 1. The summed E-state index contributed by atoms with van der Waals surface area (Å²) in [5, 5.41) is 2.73. The van der Waals surface area contributed by atoms with Crippen LogP contribution in [-0.4, -0.2) is 29.5 Å². The standard InChI is InChI=1S/C24H20F3N3O3/c1-14-9-10-30-20(11-14)28-21(15-7-8-18(32-2)19(13-15)33-3)22(30)29-23(31)16-5-4-6-17(12-16)24(25,26)27/h4-13H,1-3H3,(H,29,31). The Labute approximate surface area is 187 Å². The first-order chi connectivity index (χ1) is 15.7. The number of imidazole rings is 1. The Kier molecular flexibility index (Phi) is 5.71. The average Bonchev–Trinajstić information content (AvgIpc) is 3.15. The first kappa shape index (κ1) is 22.2. The van der Waals surface area contributed by atoms with Crippen molar-refractivity contribution in [2.75, 3.05) is 19.5 Å². The van der Waals surface area contributed by atoms with Crippen molar-refractivity contribution in [2.45, 2.75) is 13.1 Å². The van der Waals surface area contributed by atoms with Crippen molar-refractivity contribution in [3.05, 3.63) is 77.5 Å². The lowest BCUT2D eigenvalue weighted by molar-refractivity contribution is -0.137. The molecule has 4 rings (SSSR count). The van der Waals surface area contributed by atoms with Gasteiger partial charge in [0.15, 0.2) is 11.5 Å². The second kappa shape index (κ2) is 8.50. The smallest absolute Gasteiger partial charge is 0.416 e. The predicted molar refractivity (Wildman–Crippen MR) is 118 cm³/mol. The molecule has 0 unspecified atom stereocenters. The second-order valence-corrected chi connectivity index (χ2v) is 7.34. The molecule has 9 heteroatoms. The number of nitrogens with zero attached hydrogens (tertiary/aromatic N) is 2. The van der Waals surface area contributed by atoms with Crippen molar-refractivity contribution in [1.82, 2.24) is 9.38 Å². The summed E-state index contributed by atoms with van der Waals surface area (Å²) in [4.78, 5) is 17.6. The number of benzene rings is 2. The summed E-state index contributed by atoms with van der Waals surface area (Å²) >= 11 is 0. The monoisotopic (exact) mass is 455 g/mol. The molecule has 0 aliphatic heterocycles. The number of aromatic nitrogens is 2. The maximum Gasteiger partial charge on any atom is 0.416 e. The molecule has 2 heterocycles. The molecule has 0 spiro atoms. The molecule has 0 aliphatic rings. The van der Waals surface area contributed by atoms with Crippen molar-refractivity contribution < 1.29 is 27.4 Å². The number of rotatable bonds is 5. The largest absolute Gasteiger partial charge is 0.493 e. The van der Waals surface area contributed by atoms with Crippen LogP contribution in [0.2, 0.25) is 0 Å². The fourth-order valence-corrected chi connectivity index (χ4v) is 3.47. The topological polar surface area (TPSA) is 64.9 Å². The van der Waals surface area contributed by atoms with Gasteiger partial charge in [0.25, 0.3) is 5.91 Å². The van der Waals surface area contributed by atoms with Crippen molar-refractivity contribution >= 4 is 17.4 Å². The van der Waals surface area contributed by atoms with Gasteiger partial charge in [0.1, 0.15) is 17.2 Å². The number of methoxy groups -OCH3 is 2. The minimum absolute atomic E-state index is 0.120. The third kappa shape index (κ3) is 4.34. The third-order valence-corrected chi connectivity index (χ3v) is 5.12. The van der Waals surface area contributed by atoms with Gasteiger partial charge < -0.3 is 14.8 Å². The van der Waals surface area contributed by atoms with Gasteiger partial charge in [0.2, 0.25) is 0 Å². The van der Waals surface area contributed by atoms with Gasteiger partial charge in [-0.3, -0.25) is 9.20 Å². The summed E-state index contributed by atoms with van der Waals surface area (Å²) in [6, 6.07) is 13.1. The molecule has 6 nitrogen and oxygen atoms in total. The highest BCUT2D eigenvalue weighted by Crippen LogP contribution is 2.36. The molecule has 0 saturated carbocycles. The minimum Gasteiger partial charge on any atom is -0.493 e. The summed E-state index contributed by atoms with van der Waals surface area (Å²) < 4.78 is 51.6. The molecule has 2 aromatic carbocycles. The number of alkyl halides is 3. The van der Waals surface area contributed by atoms with Crippen molar-refractivity contribution in [1.29, 1.82) is 0 Å². The summed E-state index contributed by atoms with van der Waals surface area (Å²) in [6.45, 7) is 1.91. The lowest BCUT2D eigenvalue weighted by Crippen LogP contribution is -2.15. The normalized spacial score (nSPS) is 11.5. The summed E-state index contributed by atoms with van der Waals surface area (Å²) in [5.41, 5.74) is 1.57. The van der Waals surface area contributed by atoms with Gasteiger partial charge in [-0.05, 0) is 61.0 Å². The van der Waals surface area contributed by atoms with E-state index in [4.69, 9.17) is 9.47 Å². The highest BCUT2D eigenvalue weighted by Gasteiger charge is 2.31. The number of nitrogens with one attached hydrogen (secondary N) is 1. The first-order valence-corrected chi connectivity index (χ1v) is 9.91. The zero-order valence-electron chi connectivity index (χ0n) is 18.0. The Morgan fingerprint density at radius 1 is 1.00 bits per heavy atom. The number of amides is 1. The van der Waals surface area contributed by atoms with Crippen molar-refractivity contribution in [3.8, 4) is 22.8 Å². The lowest BCUT2D eigenvalue weighted by atomic mass is 10.1. The van der Waals surface area contributed by atoms with Gasteiger partial charge in [-0.25, -0.2) is 4.98 Å². The van der Waals surface area contributed by atoms with Crippen LogP contribution in [-0.2, 0) is 6.18 Å². The Morgan fingerprint density at radius 3 is 2.45 bits per heavy atom. The quantitative estimate of drug-likeness (QED) is 0.426. The summed E-state index contributed by atoms with van der Waals surface area (Å²) in [5.74, 6) is 0.624. The molecule has 0 radical (unpaired) electrons. The van der Waals surface area contributed by atoms with Gasteiger partial charge in [-0.1, -0.05) is 6.07 Å². The van der Waals surface area contributed by atoms with Crippen LogP contribution < -0.4 is 14.8 Å². The molecule has 33 heavy (non-hydrogen) atoms. The zero-order chi connectivity index (χ0) is 23.8. The second-order valence-electron chi connectivity index (χ2n) is 7.34. The van der Waals surface area contributed by atoms with Crippen molar-refractivity contribution in [2.24, 2.45) is 0 Å². The summed E-state index contributed by atoms with van der Waals surface area (Å²) in [7, 11) is 3.02. The first-order valence-electron chi connectivity index (χ1n) is 9.91. The molecule has 1 amide bonds. The SMILES string of the molecule is COc1ccc(-c2nc3cc(C)ccn3c2NC(=O)c2cccc(C(F)(F)F)c2)cc1OC. The number of carbonyl (C=O) groups excluding carboxylic acids is 1. The van der Waals surface area contributed by atoms with E-state index in [1.165, 1.54) is 26.4 Å². The maximum atomic E-state index is 13.1. The van der Waals surface area contributed by atoms with Gasteiger partial charge >= 0.3 is 6.18 Å². The number of ether oxygens (including phenoxy) is 2. The van der Waals surface area contributed by atoms with E-state index in [1.807, 2.05) is 19.1 Å². The molecule has 4 aromatic rings. The molecule has 0 atom stereocenters. The van der Waals surface area contributed by atoms with E-state index in [1.54, 1.807) is 28.8 Å². The van der Waals surface area contributed by atoms with Crippen LogP contribution in [0.15, 0.2) is 60.8 Å². The van der Waals surface area contributed by atoms with Gasteiger partial charge in [0.05, 0.1) is 19.8 Å². The van der Waals surface area contributed by atoms with Crippen LogP contribution in [0.4, 0.5) is 19.0 Å². The van der Waals surface area contributed by atoms with Crippen LogP contribution in [0, 0.1) is 6.92 Å². The van der Waals surface area contributed by atoms with E-state index in [-0.39, 0.29) is 5.56 Å². The fraction of sp³-hybridized carbons (Fsp3) is 0.167. The van der Waals surface area contributed by atoms with Gasteiger partial charge in [0, 0.05) is 17.3 Å². The maximum absolute atomic E-state index is 13.1. The highest BCUT2D eigenvalue weighted by molar-refractivity contribution is 6.06. The molecular weight excluding hydrogens is 435 g/mol. The lowest BCUT2D eigenvalue weighted by Gasteiger charge is -2.12. The fourth-order valence-electron chi connectivity index (χ4n) is 3.47. The van der Waals surface area contributed by atoms with Crippen LogP contribution in [0.25, 0.3) is 16.9 Å². The summed E-state index contributed by atoms with van der Waals surface area (Å²) in [6.07, 6.45) is -2.81. The molecule has 0 aliphatic carbocycles. The number of fused-ring (bicyclic) bond motifs is 1. The number of halogens is 3. The molecule has 1 N–H and O–H groups in total. The molecule has 0 saturated heterocycles.